The van der Waals surface area contributed by atoms with E-state index in [1.807, 2.05) is 0 Å². The van der Waals surface area contributed by atoms with E-state index in [1.165, 1.54) is 52.7 Å². The van der Waals surface area contributed by atoms with Crippen LogP contribution in [-0.4, -0.2) is 11.2 Å². The Morgan fingerprint density at radius 2 is 1.07 bits per heavy atom. The minimum absolute atomic E-state index is 0.112. The summed E-state index contributed by atoms with van der Waals surface area (Å²) in [7, 11) is 0. The number of aliphatic hydroxyl groups excluding tert-OH is 1. The minimum atomic E-state index is -0.308. The van der Waals surface area contributed by atoms with Crippen molar-refractivity contribution in [1.29, 1.82) is 0 Å². The quantitative estimate of drug-likeness (QED) is 0.267. The molecule has 1 unspecified atom stereocenters. The zero-order valence-corrected chi connectivity index (χ0v) is 27.6. The molecule has 0 aromatic heterocycles. The molecule has 0 bridgehead atoms. The molecule has 41 heavy (non-hydrogen) atoms. The Hall–Kier alpha value is -2.90. The van der Waals surface area contributed by atoms with Crippen LogP contribution in [-0.2, 0) is 0 Å². The SMILES string of the molecule is CC1=C(/C=C/C(C)=C/C=C/C(C)=C/C=C/C=C(C)\C=C\C=C(C)\C=C\C2=C(C)C(O)CCC2(C)C)C(C)(C)CCC1. The van der Waals surface area contributed by atoms with Crippen LogP contribution < -0.4 is 0 Å². The predicted molar refractivity (Wildman–Crippen MR) is 183 cm³/mol. The summed E-state index contributed by atoms with van der Waals surface area (Å²) in [6.07, 6.45) is 35.6. The fraction of sp³-hybridized carbons (Fsp3) is 0.450. The molecule has 1 N–H and O–H groups in total. The fourth-order valence-corrected chi connectivity index (χ4v) is 5.70. The highest BCUT2D eigenvalue weighted by atomic mass is 16.3. The van der Waals surface area contributed by atoms with Crippen molar-refractivity contribution < 1.29 is 5.11 Å². The summed E-state index contributed by atoms with van der Waals surface area (Å²) in [4.78, 5) is 0. The first-order chi connectivity index (χ1) is 19.2. The number of rotatable bonds is 10. The number of hydrogen-bond acceptors (Lipinski definition) is 1. The normalized spacial score (nSPS) is 23.5. The second-order valence-corrected chi connectivity index (χ2v) is 13.4. The molecule has 0 saturated heterocycles. The summed E-state index contributed by atoms with van der Waals surface area (Å²) >= 11 is 0. The average molecular weight is 553 g/mol. The smallest absolute Gasteiger partial charge is 0.0753 e. The molecule has 0 fully saturated rings. The summed E-state index contributed by atoms with van der Waals surface area (Å²) in [6, 6.07) is 0. The maximum atomic E-state index is 10.3. The molecule has 0 aliphatic heterocycles. The third-order valence-electron chi connectivity index (χ3n) is 8.53. The van der Waals surface area contributed by atoms with Gasteiger partial charge in [-0.25, -0.2) is 0 Å². The van der Waals surface area contributed by atoms with Gasteiger partial charge in [0.25, 0.3) is 0 Å². The van der Waals surface area contributed by atoms with E-state index >= 15 is 0 Å². The minimum Gasteiger partial charge on any atom is -0.389 e. The van der Waals surface area contributed by atoms with Gasteiger partial charge in [0.15, 0.2) is 0 Å². The van der Waals surface area contributed by atoms with Gasteiger partial charge in [0.2, 0.25) is 0 Å². The van der Waals surface area contributed by atoms with Crippen LogP contribution in [0, 0.1) is 10.8 Å². The highest BCUT2D eigenvalue weighted by molar-refractivity contribution is 5.39. The van der Waals surface area contributed by atoms with Crippen LogP contribution in [0.4, 0.5) is 0 Å². The zero-order valence-electron chi connectivity index (χ0n) is 27.6. The Bertz CT molecular complexity index is 1250. The predicted octanol–water partition coefficient (Wildman–Crippen LogP) is 11.6. The van der Waals surface area contributed by atoms with E-state index in [4.69, 9.17) is 0 Å². The van der Waals surface area contributed by atoms with Crippen molar-refractivity contribution in [2.24, 2.45) is 10.8 Å². The summed E-state index contributed by atoms with van der Waals surface area (Å²) < 4.78 is 0. The van der Waals surface area contributed by atoms with Crippen molar-refractivity contribution in [2.75, 3.05) is 0 Å². The van der Waals surface area contributed by atoms with E-state index in [0.717, 1.165) is 18.4 Å². The van der Waals surface area contributed by atoms with Crippen LogP contribution in [0.2, 0.25) is 0 Å². The number of aliphatic hydroxyl groups is 1. The van der Waals surface area contributed by atoms with Gasteiger partial charge in [-0.2, -0.15) is 0 Å². The van der Waals surface area contributed by atoms with Crippen LogP contribution in [0.15, 0.2) is 130 Å². The van der Waals surface area contributed by atoms with E-state index < -0.39 is 0 Å². The fourth-order valence-electron chi connectivity index (χ4n) is 5.70. The van der Waals surface area contributed by atoms with E-state index in [2.05, 4.69) is 154 Å². The summed E-state index contributed by atoms with van der Waals surface area (Å²) in [5.41, 5.74) is 10.7. The lowest BCUT2D eigenvalue weighted by molar-refractivity contribution is 0.163. The lowest BCUT2D eigenvalue weighted by Gasteiger charge is -2.35. The van der Waals surface area contributed by atoms with Crippen LogP contribution in [0.25, 0.3) is 0 Å². The van der Waals surface area contributed by atoms with Crippen molar-refractivity contribution in [3.8, 4) is 0 Å². The van der Waals surface area contributed by atoms with Crippen LogP contribution >= 0.6 is 0 Å². The third kappa shape index (κ3) is 11.5. The Balaban J connectivity index is 1.90. The monoisotopic (exact) mass is 552 g/mol. The average Bonchev–Trinajstić information content (AvgIpc) is 2.88. The zero-order chi connectivity index (χ0) is 30.6. The maximum Gasteiger partial charge on any atom is 0.0753 e. The highest BCUT2D eigenvalue weighted by Crippen LogP contribution is 2.41. The van der Waals surface area contributed by atoms with Gasteiger partial charge >= 0.3 is 0 Å². The molecule has 1 heteroatoms. The van der Waals surface area contributed by atoms with Gasteiger partial charge in [-0.15, -0.1) is 0 Å². The molecular formula is C40H56O. The van der Waals surface area contributed by atoms with Crippen LogP contribution in [0.5, 0.6) is 0 Å². The van der Waals surface area contributed by atoms with Gasteiger partial charge in [0, 0.05) is 0 Å². The lowest BCUT2D eigenvalue weighted by atomic mass is 9.71. The van der Waals surface area contributed by atoms with Crippen LogP contribution in [0.3, 0.4) is 0 Å². The Morgan fingerprint density at radius 3 is 1.59 bits per heavy atom. The first-order valence-electron chi connectivity index (χ1n) is 15.4. The molecule has 0 radical (unpaired) electrons. The van der Waals surface area contributed by atoms with Crippen molar-refractivity contribution in [1.82, 2.24) is 0 Å². The Kier molecular flexibility index (Phi) is 13.3. The van der Waals surface area contributed by atoms with Crippen molar-refractivity contribution in [2.45, 2.75) is 107 Å². The van der Waals surface area contributed by atoms with Gasteiger partial charge in [-0.1, -0.05) is 141 Å². The number of hydrogen-bond donors (Lipinski definition) is 1. The molecule has 222 valence electrons. The number of allylic oxidation sites excluding steroid dienone is 21. The van der Waals surface area contributed by atoms with E-state index in [0.29, 0.717) is 0 Å². The Labute approximate surface area is 252 Å². The molecular weight excluding hydrogens is 496 g/mol. The van der Waals surface area contributed by atoms with Gasteiger partial charge < -0.3 is 5.11 Å². The molecule has 0 aromatic carbocycles. The summed E-state index contributed by atoms with van der Waals surface area (Å²) in [5.74, 6) is 0. The van der Waals surface area contributed by atoms with Gasteiger partial charge in [-0.3, -0.25) is 0 Å². The second kappa shape index (κ2) is 15.9. The largest absolute Gasteiger partial charge is 0.389 e. The van der Waals surface area contributed by atoms with Crippen molar-refractivity contribution in [3.63, 3.8) is 0 Å². The van der Waals surface area contributed by atoms with E-state index in [1.54, 1.807) is 5.57 Å². The molecule has 0 spiro atoms. The summed E-state index contributed by atoms with van der Waals surface area (Å²) in [5, 5.41) is 10.3. The third-order valence-corrected chi connectivity index (χ3v) is 8.53. The van der Waals surface area contributed by atoms with Gasteiger partial charge in [0.1, 0.15) is 0 Å². The maximum absolute atomic E-state index is 10.3. The standard InChI is InChI=1S/C40H56O/c1-30(18-13-20-32(3)23-25-36-34(5)22-15-28-39(36,7)8)16-11-12-17-31(2)19-14-21-33(4)24-26-37-35(6)38(41)27-29-40(37,9)10/h11-14,16-21,23-26,38,41H,15,22,27-29H2,1-10H3/b12-11+,18-13+,19-14+,25-23+,26-24+,30-16+,31-17-,32-20+,33-21+. The van der Waals surface area contributed by atoms with Gasteiger partial charge in [0.05, 0.1) is 6.10 Å². The molecule has 1 atom stereocenters. The highest BCUT2D eigenvalue weighted by Gasteiger charge is 2.30. The molecule has 0 saturated carbocycles. The topological polar surface area (TPSA) is 20.2 Å². The Morgan fingerprint density at radius 1 is 0.634 bits per heavy atom. The molecule has 2 rings (SSSR count). The van der Waals surface area contributed by atoms with E-state index in [-0.39, 0.29) is 16.9 Å². The second-order valence-electron chi connectivity index (χ2n) is 13.4. The first-order valence-corrected chi connectivity index (χ1v) is 15.4. The van der Waals surface area contributed by atoms with Crippen molar-refractivity contribution in [3.05, 3.63) is 130 Å². The molecule has 0 heterocycles. The van der Waals surface area contributed by atoms with Crippen molar-refractivity contribution >= 4 is 0 Å². The van der Waals surface area contributed by atoms with Gasteiger partial charge in [-0.05, 0) is 101 Å². The summed E-state index contributed by atoms with van der Waals surface area (Å²) in [6.45, 7) is 22.1. The molecule has 2 aliphatic carbocycles. The molecule has 0 amide bonds. The molecule has 0 aromatic rings. The lowest BCUT2D eigenvalue weighted by Crippen LogP contribution is -2.27. The molecule has 2 aliphatic rings. The molecule has 1 nitrogen and oxygen atoms in total. The van der Waals surface area contributed by atoms with Crippen LogP contribution in [0.1, 0.15) is 101 Å². The first kappa shape index (κ1) is 34.3. The van der Waals surface area contributed by atoms with E-state index in [9.17, 15) is 5.11 Å².